The van der Waals surface area contributed by atoms with E-state index in [1.165, 1.54) is 9.21 Å². The number of anilines is 1. The molecule has 1 N–H and O–H groups in total. The zero-order valence-corrected chi connectivity index (χ0v) is 23.0. The summed E-state index contributed by atoms with van der Waals surface area (Å²) in [6.45, 7) is 5.27. The maximum atomic E-state index is 13.3. The fraction of sp³-hybridized carbons (Fsp3) is 0.462. The van der Waals surface area contributed by atoms with Crippen molar-refractivity contribution in [2.75, 3.05) is 36.9 Å². The molecule has 2 aromatic carbocycles. The minimum absolute atomic E-state index is 0.0581. The van der Waals surface area contributed by atoms with Gasteiger partial charge in [-0.2, -0.15) is 0 Å². The highest BCUT2D eigenvalue weighted by atomic mass is 35.5. The molecule has 37 heavy (non-hydrogen) atoms. The fourth-order valence-electron chi connectivity index (χ4n) is 4.00. The summed E-state index contributed by atoms with van der Waals surface area (Å²) in [6, 6.07) is 11.4. The number of fused-ring (bicyclic) bond motifs is 1. The molecule has 1 atom stereocenters. The molecule has 1 aliphatic rings. The Hall–Kier alpha value is -2.98. The molecular formula is C26H34ClN3O6S. The predicted octanol–water partition coefficient (Wildman–Crippen LogP) is 3.60. The molecule has 0 bridgehead atoms. The summed E-state index contributed by atoms with van der Waals surface area (Å²) in [6.07, 6.45) is 2.22. The van der Waals surface area contributed by atoms with Crippen LogP contribution in [0.4, 0.5) is 5.69 Å². The minimum atomic E-state index is -3.62. The summed E-state index contributed by atoms with van der Waals surface area (Å²) < 4.78 is 37.5. The van der Waals surface area contributed by atoms with Crippen LogP contribution in [0.15, 0.2) is 42.5 Å². The molecule has 0 radical (unpaired) electrons. The van der Waals surface area contributed by atoms with Crippen LogP contribution in [0.25, 0.3) is 0 Å². The van der Waals surface area contributed by atoms with Gasteiger partial charge in [-0.05, 0) is 49.6 Å². The highest BCUT2D eigenvalue weighted by molar-refractivity contribution is 7.92. The van der Waals surface area contributed by atoms with E-state index in [-0.39, 0.29) is 37.7 Å². The average Bonchev–Trinajstić information content (AvgIpc) is 2.86. The Morgan fingerprint density at radius 2 is 1.84 bits per heavy atom. The molecule has 0 unspecified atom stereocenters. The van der Waals surface area contributed by atoms with E-state index < -0.39 is 16.1 Å². The third-order valence-electron chi connectivity index (χ3n) is 5.92. The number of ether oxygens (including phenoxy) is 2. The lowest BCUT2D eigenvalue weighted by Gasteiger charge is -2.29. The first-order chi connectivity index (χ1) is 17.6. The molecule has 2 aromatic rings. The highest BCUT2D eigenvalue weighted by Gasteiger charge is 2.27. The molecule has 0 aromatic heterocycles. The molecule has 0 saturated carbocycles. The van der Waals surface area contributed by atoms with Gasteiger partial charge in [0, 0.05) is 37.1 Å². The van der Waals surface area contributed by atoms with Crippen molar-refractivity contribution < 1.29 is 27.5 Å². The summed E-state index contributed by atoms with van der Waals surface area (Å²) in [4.78, 5) is 27.5. The molecule has 0 aliphatic carbocycles. The van der Waals surface area contributed by atoms with Gasteiger partial charge in [-0.15, -0.1) is 0 Å². The first-order valence-corrected chi connectivity index (χ1v) is 14.5. The van der Waals surface area contributed by atoms with Gasteiger partial charge < -0.3 is 19.7 Å². The van der Waals surface area contributed by atoms with Crippen molar-refractivity contribution >= 4 is 39.1 Å². The minimum Gasteiger partial charge on any atom is -0.486 e. The second kappa shape index (κ2) is 13.0. The van der Waals surface area contributed by atoms with E-state index in [9.17, 15) is 18.0 Å². The van der Waals surface area contributed by atoms with E-state index in [4.69, 9.17) is 21.1 Å². The van der Waals surface area contributed by atoms with Crippen molar-refractivity contribution in [3.63, 3.8) is 0 Å². The summed E-state index contributed by atoms with van der Waals surface area (Å²) in [5, 5.41) is 3.37. The smallest absolute Gasteiger partial charge is 0.242 e. The molecule has 1 aliphatic heterocycles. The van der Waals surface area contributed by atoms with Gasteiger partial charge in [0.25, 0.3) is 0 Å². The number of hydrogen-bond acceptors (Lipinski definition) is 6. The van der Waals surface area contributed by atoms with Crippen LogP contribution >= 0.6 is 11.6 Å². The number of hydrogen-bond donors (Lipinski definition) is 1. The van der Waals surface area contributed by atoms with Crippen LogP contribution in [0.5, 0.6) is 11.5 Å². The second-order valence-electron chi connectivity index (χ2n) is 8.89. The van der Waals surface area contributed by atoms with E-state index in [0.29, 0.717) is 42.0 Å². The van der Waals surface area contributed by atoms with Crippen LogP contribution in [0, 0.1) is 0 Å². The average molecular weight is 552 g/mol. The van der Waals surface area contributed by atoms with Gasteiger partial charge in [0.2, 0.25) is 21.8 Å². The van der Waals surface area contributed by atoms with Crippen molar-refractivity contribution in [1.82, 2.24) is 10.2 Å². The van der Waals surface area contributed by atoms with Crippen molar-refractivity contribution in [1.29, 1.82) is 0 Å². The van der Waals surface area contributed by atoms with Gasteiger partial charge >= 0.3 is 0 Å². The van der Waals surface area contributed by atoms with Crippen LogP contribution in [-0.2, 0) is 26.2 Å². The van der Waals surface area contributed by atoms with Crippen LogP contribution in [-0.4, -0.2) is 63.7 Å². The number of nitrogens with zero attached hydrogens (tertiary/aromatic N) is 2. The fourth-order valence-corrected chi connectivity index (χ4v) is 5.17. The highest BCUT2D eigenvalue weighted by Crippen LogP contribution is 2.34. The van der Waals surface area contributed by atoms with Crippen molar-refractivity contribution in [2.45, 2.75) is 45.7 Å². The summed E-state index contributed by atoms with van der Waals surface area (Å²) in [5.74, 6) is 0.541. The molecule has 3 rings (SSSR count). The van der Waals surface area contributed by atoms with Gasteiger partial charge in [-0.3, -0.25) is 13.9 Å². The molecule has 202 valence electrons. The molecule has 11 heteroatoms. The number of carbonyl (C=O) groups is 2. The Kier molecular flexibility index (Phi) is 10.0. The number of halogens is 1. The molecule has 0 spiro atoms. The zero-order chi connectivity index (χ0) is 27.0. The first kappa shape index (κ1) is 28.6. The molecule has 2 amide bonds. The Labute approximate surface area is 223 Å². The topological polar surface area (TPSA) is 105 Å². The third-order valence-corrected chi connectivity index (χ3v) is 7.35. The van der Waals surface area contributed by atoms with Gasteiger partial charge in [0.05, 0.1) is 11.9 Å². The normalized spacial score (nSPS) is 13.5. The second-order valence-corrected chi connectivity index (χ2v) is 11.2. The van der Waals surface area contributed by atoms with Crippen LogP contribution in [0.2, 0.25) is 5.02 Å². The van der Waals surface area contributed by atoms with Gasteiger partial charge in [-0.25, -0.2) is 8.42 Å². The van der Waals surface area contributed by atoms with Crippen LogP contribution in [0.1, 0.15) is 38.7 Å². The maximum Gasteiger partial charge on any atom is 0.242 e. The zero-order valence-electron chi connectivity index (χ0n) is 21.4. The lowest BCUT2D eigenvalue weighted by molar-refractivity contribution is -0.140. The van der Waals surface area contributed by atoms with Crippen LogP contribution in [0.3, 0.4) is 0 Å². The number of carbonyl (C=O) groups excluding carboxylic acids is 2. The maximum absolute atomic E-state index is 13.3. The predicted molar refractivity (Wildman–Crippen MR) is 144 cm³/mol. The molecular weight excluding hydrogens is 518 g/mol. The van der Waals surface area contributed by atoms with Crippen molar-refractivity contribution in [3.8, 4) is 11.5 Å². The standard InChI is InChI=1S/C26H34ClN3O6S/c1-4-12-28-26(32)19(2)29(18-20-7-5-8-21(27)16-20)25(31)9-6-13-30(37(3,33)34)22-10-11-23-24(17-22)36-15-14-35-23/h5,7-8,10-11,16-17,19H,4,6,9,12-15,18H2,1-3H3,(H,28,32)/t19-/m1/s1. The third kappa shape index (κ3) is 8.00. The van der Waals surface area contributed by atoms with E-state index in [0.717, 1.165) is 18.2 Å². The number of sulfonamides is 1. The molecule has 0 fully saturated rings. The van der Waals surface area contributed by atoms with Crippen molar-refractivity contribution in [2.24, 2.45) is 0 Å². The summed E-state index contributed by atoms with van der Waals surface area (Å²) in [5.41, 5.74) is 1.23. The first-order valence-electron chi connectivity index (χ1n) is 12.3. The Bertz CT molecular complexity index is 1210. The van der Waals surface area contributed by atoms with Gasteiger partial charge in [0.1, 0.15) is 19.3 Å². The van der Waals surface area contributed by atoms with E-state index in [1.54, 1.807) is 43.3 Å². The van der Waals surface area contributed by atoms with Crippen molar-refractivity contribution in [3.05, 3.63) is 53.1 Å². The van der Waals surface area contributed by atoms with Gasteiger partial charge in [-0.1, -0.05) is 30.7 Å². The lowest BCUT2D eigenvalue weighted by Crippen LogP contribution is -2.47. The van der Waals surface area contributed by atoms with E-state index in [1.807, 2.05) is 13.0 Å². The summed E-state index contributed by atoms with van der Waals surface area (Å²) in [7, 11) is -3.62. The Morgan fingerprint density at radius 3 is 2.51 bits per heavy atom. The number of benzene rings is 2. The molecule has 0 saturated heterocycles. The van der Waals surface area contributed by atoms with E-state index in [2.05, 4.69) is 5.32 Å². The summed E-state index contributed by atoms with van der Waals surface area (Å²) >= 11 is 6.12. The molecule has 9 nitrogen and oxygen atoms in total. The molecule has 1 heterocycles. The SMILES string of the molecule is CCCNC(=O)[C@@H](C)N(Cc1cccc(Cl)c1)C(=O)CCCN(c1ccc2c(c1)OCCO2)S(C)(=O)=O. The Balaban J connectivity index is 1.73. The number of amides is 2. The largest absolute Gasteiger partial charge is 0.486 e. The van der Waals surface area contributed by atoms with Gasteiger partial charge in [0.15, 0.2) is 11.5 Å². The van der Waals surface area contributed by atoms with Crippen LogP contribution < -0.4 is 19.1 Å². The van der Waals surface area contributed by atoms with E-state index >= 15 is 0 Å². The Morgan fingerprint density at radius 1 is 1.11 bits per heavy atom. The quantitative estimate of drug-likeness (QED) is 0.432. The lowest BCUT2D eigenvalue weighted by atomic mass is 10.1. The number of nitrogens with one attached hydrogen (secondary N) is 1. The number of rotatable bonds is 12. The monoisotopic (exact) mass is 551 g/mol.